The van der Waals surface area contributed by atoms with E-state index < -0.39 is 16.4 Å². The molecule has 1 N–H and O–H groups in total. The molecule has 0 heterocycles. The van der Waals surface area contributed by atoms with Crippen molar-refractivity contribution in [1.29, 1.82) is 0 Å². The Labute approximate surface area is 105 Å². The van der Waals surface area contributed by atoms with Crippen LogP contribution in [0.3, 0.4) is 0 Å². The van der Waals surface area contributed by atoms with Crippen LogP contribution in [0, 0.1) is 21.8 Å². The molecular weight excluding hydrogens is 235 g/mol. The summed E-state index contributed by atoms with van der Waals surface area (Å²) in [7, 11) is 0. The molecule has 18 heavy (non-hydrogen) atoms. The smallest absolute Gasteiger partial charge is 0.306 e. The number of rotatable bonds is 4. The third kappa shape index (κ3) is 3.06. The zero-order chi connectivity index (χ0) is 13.0. The molecule has 0 spiro atoms. The van der Waals surface area contributed by atoms with Crippen LogP contribution in [-0.2, 0) is 0 Å². The summed E-state index contributed by atoms with van der Waals surface area (Å²) in [6, 6.07) is 3.90. The Hall–Kier alpha value is -1.91. The first-order valence-corrected chi connectivity index (χ1v) is 5.99. The second kappa shape index (κ2) is 5.62. The van der Waals surface area contributed by atoms with Crippen LogP contribution in [0.2, 0.25) is 0 Å². The third-order valence-electron chi connectivity index (χ3n) is 3.12. The minimum atomic E-state index is -0.800. The Morgan fingerprint density at radius 1 is 1.44 bits per heavy atom. The Morgan fingerprint density at radius 2 is 2.28 bits per heavy atom. The average molecular weight is 250 g/mol. The van der Waals surface area contributed by atoms with Gasteiger partial charge >= 0.3 is 5.69 Å². The lowest BCUT2D eigenvalue weighted by molar-refractivity contribution is -0.387. The number of anilines is 1. The molecule has 0 saturated heterocycles. The fourth-order valence-corrected chi connectivity index (χ4v) is 2.07. The number of nitrogens with zero attached hydrogens (tertiary/aromatic N) is 1. The maximum Gasteiger partial charge on any atom is 0.306 e. The summed E-state index contributed by atoms with van der Waals surface area (Å²) in [5, 5.41) is 13.7. The molecule has 1 aliphatic rings. The van der Waals surface area contributed by atoms with E-state index in [0.29, 0.717) is 11.6 Å². The summed E-state index contributed by atoms with van der Waals surface area (Å²) in [6.07, 6.45) is 7.54. The molecule has 0 fully saturated rings. The molecule has 0 aliphatic heterocycles. The van der Waals surface area contributed by atoms with Crippen molar-refractivity contribution in [1.82, 2.24) is 0 Å². The summed E-state index contributed by atoms with van der Waals surface area (Å²) < 4.78 is 13.1. The lowest BCUT2D eigenvalue weighted by Gasteiger charge is -2.18. The van der Waals surface area contributed by atoms with Crippen LogP contribution in [0.1, 0.15) is 19.3 Å². The van der Waals surface area contributed by atoms with Crippen LogP contribution < -0.4 is 5.32 Å². The Bertz CT molecular complexity index is 474. The number of allylic oxidation sites excluding steroid dienone is 2. The molecule has 0 bridgehead atoms. The van der Waals surface area contributed by atoms with Crippen LogP contribution in [0.5, 0.6) is 0 Å². The van der Waals surface area contributed by atoms with Crippen molar-refractivity contribution in [3.05, 3.63) is 46.3 Å². The van der Waals surface area contributed by atoms with Gasteiger partial charge in [0.05, 0.1) is 4.92 Å². The Kier molecular flexibility index (Phi) is 3.92. The summed E-state index contributed by atoms with van der Waals surface area (Å²) in [4.78, 5) is 9.90. The van der Waals surface area contributed by atoms with Gasteiger partial charge in [-0.15, -0.1) is 0 Å². The maximum absolute atomic E-state index is 13.1. The summed E-state index contributed by atoms with van der Waals surface area (Å²) >= 11 is 0. The van der Waals surface area contributed by atoms with Crippen molar-refractivity contribution in [2.45, 2.75) is 19.3 Å². The largest absolute Gasteiger partial charge is 0.385 e. The number of halogens is 1. The average Bonchev–Trinajstić information content (AvgIpc) is 2.38. The van der Waals surface area contributed by atoms with Gasteiger partial charge in [-0.3, -0.25) is 10.1 Å². The maximum atomic E-state index is 13.1. The second-order valence-electron chi connectivity index (χ2n) is 4.45. The van der Waals surface area contributed by atoms with Crippen molar-refractivity contribution in [3.8, 4) is 0 Å². The normalized spacial score (nSPS) is 18.6. The van der Waals surface area contributed by atoms with E-state index in [1.54, 1.807) is 0 Å². The highest BCUT2D eigenvalue weighted by Crippen LogP contribution is 2.23. The summed E-state index contributed by atoms with van der Waals surface area (Å²) in [6.45, 7) is 0.757. The second-order valence-corrected chi connectivity index (χ2v) is 4.45. The minimum Gasteiger partial charge on any atom is -0.385 e. The third-order valence-corrected chi connectivity index (χ3v) is 3.12. The summed E-state index contributed by atoms with van der Waals surface area (Å²) in [5.41, 5.74) is 0.112. The van der Waals surface area contributed by atoms with Gasteiger partial charge in [0.15, 0.2) is 0 Å². The van der Waals surface area contributed by atoms with E-state index in [9.17, 15) is 14.5 Å². The molecule has 0 saturated carbocycles. The lowest BCUT2D eigenvalue weighted by Crippen LogP contribution is -2.15. The van der Waals surface area contributed by atoms with E-state index in [4.69, 9.17) is 0 Å². The fraction of sp³-hybridized carbons (Fsp3) is 0.385. The van der Waals surface area contributed by atoms with Crippen molar-refractivity contribution in [2.75, 3.05) is 11.9 Å². The van der Waals surface area contributed by atoms with Gasteiger partial charge in [0.25, 0.3) is 0 Å². The number of benzene rings is 1. The van der Waals surface area contributed by atoms with Gasteiger partial charge in [0, 0.05) is 18.3 Å². The molecule has 0 aromatic heterocycles. The minimum absolute atomic E-state index is 0.483. The highest BCUT2D eigenvalue weighted by molar-refractivity contribution is 5.51. The molecule has 4 nitrogen and oxygen atoms in total. The highest BCUT2D eigenvalue weighted by atomic mass is 19.1. The fourth-order valence-electron chi connectivity index (χ4n) is 2.07. The molecule has 1 atom stereocenters. The first-order chi connectivity index (χ1) is 8.66. The predicted molar refractivity (Wildman–Crippen MR) is 68.0 cm³/mol. The van der Waals surface area contributed by atoms with Crippen LogP contribution >= 0.6 is 0 Å². The van der Waals surface area contributed by atoms with Crippen LogP contribution in [0.25, 0.3) is 0 Å². The SMILES string of the molecule is O=[N+]([O-])c1cc(NCC2CC=CCC2)ccc1F. The quantitative estimate of drug-likeness (QED) is 0.505. The molecule has 2 rings (SSSR count). The van der Waals surface area contributed by atoms with E-state index in [1.165, 1.54) is 12.1 Å². The van der Waals surface area contributed by atoms with Crippen LogP contribution in [0.15, 0.2) is 30.4 Å². The van der Waals surface area contributed by atoms with Gasteiger partial charge in [0.2, 0.25) is 5.82 Å². The van der Waals surface area contributed by atoms with Gasteiger partial charge < -0.3 is 5.32 Å². The Morgan fingerprint density at radius 3 is 2.94 bits per heavy atom. The molecular formula is C13H15FN2O2. The van der Waals surface area contributed by atoms with Crippen molar-refractivity contribution < 1.29 is 9.31 Å². The van der Waals surface area contributed by atoms with Gasteiger partial charge in [0.1, 0.15) is 0 Å². The number of nitrogens with one attached hydrogen (secondary N) is 1. The topological polar surface area (TPSA) is 55.2 Å². The van der Waals surface area contributed by atoms with Crippen molar-refractivity contribution >= 4 is 11.4 Å². The molecule has 0 radical (unpaired) electrons. The zero-order valence-corrected chi connectivity index (χ0v) is 9.93. The molecule has 1 aliphatic carbocycles. The van der Waals surface area contributed by atoms with Gasteiger partial charge in [-0.1, -0.05) is 12.2 Å². The highest BCUT2D eigenvalue weighted by Gasteiger charge is 2.15. The molecule has 96 valence electrons. The number of nitro benzene ring substituents is 1. The van der Waals surface area contributed by atoms with Crippen LogP contribution in [0.4, 0.5) is 15.8 Å². The van der Waals surface area contributed by atoms with E-state index in [1.807, 2.05) is 0 Å². The molecule has 1 aromatic carbocycles. The van der Waals surface area contributed by atoms with E-state index in [2.05, 4.69) is 17.5 Å². The van der Waals surface area contributed by atoms with Gasteiger partial charge in [-0.2, -0.15) is 4.39 Å². The number of hydrogen-bond acceptors (Lipinski definition) is 3. The zero-order valence-electron chi connectivity index (χ0n) is 9.93. The monoisotopic (exact) mass is 250 g/mol. The molecule has 0 amide bonds. The van der Waals surface area contributed by atoms with Gasteiger partial charge in [-0.25, -0.2) is 0 Å². The molecule has 1 unspecified atom stereocenters. The van der Waals surface area contributed by atoms with Crippen molar-refractivity contribution in [3.63, 3.8) is 0 Å². The van der Waals surface area contributed by atoms with E-state index in [-0.39, 0.29) is 0 Å². The summed E-state index contributed by atoms with van der Waals surface area (Å²) in [5.74, 6) is -0.259. The number of hydrogen-bond donors (Lipinski definition) is 1. The van der Waals surface area contributed by atoms with Crippen LogP contribution in [-0.4, -0.2) is 11.5 Å². The first kappa shape index (κ1) is 12.5. The number of nitro groups is 1. The predicted octanol–water partition coefficient (Wildman–Crippen LogP) is 3.50. The molecule has 1 aromatic rings. The lowest BCUT2D eigenvalue weighted by atomic mass is 9.94. The molecule has 5 heteroatoms. The van der Waals surface area contributed by atoms with Crippen molar-refractivity contribution in [2.24, 2.45) is 5.92 Å². The van der Waals surface area contributed by atoms with Gasteiger partial charge in [-0.05, 0) is 37.3 Å². The van der Waals surface area contributed by atoms with E-state index in [0.717, 1.165) is 31.9 Å². The Balaban J connectivity index is 1.99. The van der Waals surface area contributed by atoms with E-state index >= 15 is 0 Å². The standard InChI is InChI=1S/C13H15FN2O2/c14-12-7-6-11(8-13(12)16(17)18)15-9-10-4-2-1-3-5-10/h1-2,6-8,10,15H,3-5,9H2. The first-order valence-electron chi connectivity index (χ1n) is 5.99.